The van der Waals surface area contributed by atoms with Gasteiger partial charge in [-0.2, -0.15) is 0 Å². The van der Waals surface area contributed by atoms with Gasteiger partial charge in [-0.15, -0.1) is 10.2 Å². The molecule has 0 aliphatic carbocycles. The number of rotatable bonds is 4. The Labute approximate surface area is 117 Å². The second-order valence-corrected chi connectivity index (χ2v) is 6.83. The van der Waals surface area contributed by atoms with Gasteiger partial charge in [0.25, 0.3) is 5.16 Å². The van der Waals surface area contributed by atoms with Crippen molar-refractivity contribution < 1.29 is 8.42 Å². The Bertz CT molecular complexity index is 876. The van der Waals surface area contributed by atoms with Crippen LogP contribution in [0.5, 0.6) is 0 Å². The maximum atomic E-state index is 12.2. The van der Waals surface area contributed by atoms with Crippen molar-refractivity contribution in [3.63, 3.8) is 0 Å². The van der Waals surface area contributed by atoms with Gasteiger partial charge in [0.1, 0.15) is 0 Å². The largest absolute Gasteiger partial charge is 0.308 e. The Hall–Kier alpha value is -1.89. The molecular formula is C13H16N4O2S. The lowest BCUT2D eigenvalue weighted by Gasteiger charge is -2.00. The first-order valence-electron chi connectivity index (χ1n) is 6.65. The molecule has 0 radical (unpaired) electrons. The van der Waals surface area contributed by atoms with Crippen LogP contribution in [0, 0.1) is 0 Å². The topological polar surface area (TPSA) is 69.3 Å². The third-order valence-electron chi connectivity index (χ3n) is 3.38. The molecule has 3 aromatic rings. The highest BCUT2D eigenvalue weighted by molar-refractivity contribution is 7.91. The number of para-hydroxylation sites is 2. The van der Waals surface area contributed by atoms with Crippen molar-refractivity contribution in [2.24, 2.45) is 0 Å². The summed E-state index contributed by atoms with van der Waals surface area (Å²) in [5.41, 5.74) is 1.81. The quantitative estimate of drug-likeness (QED) is 0.736. The highest BCUT2D eigenvalue weighted by Gasteiger charge is 2.24. The minimum absolute atomic E-state index is 0.0150. The number of aromatic nitrogens is 4. The van der Waals surface area contributed by atoms with E-state index in [4.69, 9.17) is 0 Å². The van der Waals surface area contributed by atoms with Crippen LogP contribution in [0.15, 0.2) is 29.4 Å². The predicted molar refractivity (Wildman–Crippen MR) is 76.5 cm³/mol. The Morgan fingerprint density at radius 3 is 2.45 bits per heavy atom. The van der Waals surface area contributed by atoms with Crippen molar-refractivity contribution in [3.8, 4) is 0 Å². The number of fused-ring (bicyclic) bond motifs is 3. The van der Waals surface area contributed by atoms with Gasteiger partial charge in [-0.05, 0) is 18.6 Å². The maximum absolute atomic E-state index is 12.2. The van der Waals surface area contributed by atoms with Crippen LogP contribution in [0.3, 0.4) is 0 Å². The Morgan fingerprint density at radius 2 is 1.80 bits per heavy atom. The molecule has 0 saturated heterocycles. The molecule has 3 rings (SSSR count). The summed E-state index contributed by atoms with van der Waals surface area (Å²) in [4.78, 5) is 0. The average Bonchev–Trinajstić information content (AvgIpc) is 3.00. The van der Waals surface area contributed by atoms with Gasteiger partial charge in [-0.1, -0.05) is 26.0 Å². The molecule has 0 bridgehead atoms. The lowest BCUT2D eigenvalue weighted by Crippen LogP contribution is -2.08. The minimum atomic E-state index is -3.40. The molecule has 0 unspecified atom stereocenters. The van der Waals surface area contributed by atoms with E-state index in [1.807, 2.05) is 28.8 Å². The normalized spacial score (nSPS) is 12.5. The fraction of sp³-hybridized carbons (Fsp3) is 0.385. The highest BCUT2D eigenvalue weighted by Crippen LogP contribution is 2.23. The lowest BCUT2D eigenvalue weighted by atomic mass is 10.3. The molecule has 106 valence electrons. The second-order valence-electron chi connectivity index (χ2n) is 4.66. The van der Waals surface area contributed by atoms with E-state index in [1.54, 1.807) is 11.3 Å². The van der Waals surface area contributed by atoms with Crippen LogP contribution in [-0.2, 0) is 16.4 Å². The summed E-state index contributed by atoms with van der Waals surface area (Å²) < 4.78 is 28.0. The standard InChI is InChI=1S/C13H16N4O2S/c1-3-9-16-10-7-5-6-8-11(10)17-12(16)14-15-13(17)20(18,19)4-2/h5-8H,3-4,9H2,1-2H3. The second kappa shape index (κ2) is 4.59. The van der Waals surface area contributed by atoms with Gasteiger partial charge < -0.3 is 4.57 Å². The number of aryl methyl sites for hydroxylation is 1. The Kier molecular flexibility index (Phi) is 3.01. The molecule has 0 amide bonds. The minimum Gasteiger partial charge on any atom is -0.308 e. The van der Waals surface area contributed by atoms with Gasteiger partial charge in [0.2, 0.25) is 15.6 Å². The molecular weight excluding hydrogens is 276 g/mol. The van der Waals surface area contributed by atoms with E-state index in [-0.39, 0.29) is 10.9 Å². The molecule has 0 aliphatic rings. The molecule has 2 aromatic heterocycles. The highest BCUT2D eigenvalue weighted by atomic mass is 32.2. The number of hydrogen-bond acceptors (Lipinski definition) is 4. The smallest absolute Gasteiger partial charge is 0.255 e. The number of imidazole rings is 1. The first-order valence-corrected chi connectivity index (χ1v) is 8.30. The fourth-order valence-electron chi connectivity index (χ4n) is 2.41. The summed E-state index contributed by atoms with van der Waals surface area (Å²) in [6, 6.07) is 7.70. The summed E-state index contributed by atoms with van der Waals surface area (Å²) >= 11 is 0. The molecule has 0 spiro atoms. The van der Waals surface area contributed by atoms with Gasteiger partial charge in [-0.25, -0.2) is 12.8 Å². The lowest BCUT2D eigenvalue weighted by molar-refractivity contribution is 0.587. The zero-order valence-electron chi connectivity index (χ0n) is 11.4. The molecule has 0 N–H and O–H groups in total. The number of benzene rings is 1. The van der Waals surface area contributed by atoms with Crippen molar-refractivity contribution in [2.45, 2.75) is 32.0 Å². The van der Waals surface area contributed by atoms with E-state index in [0.717, 1.165) is 24.0 Å². The molecule has 6 nitrogen and oxygen atoms in total. The molecule has 1 aromatic carbocycles. The molecule has 0 atom stereocenters. The van der Waals surface area contributed by atoms with Gasteiger partial charge in [0.05, 0.1) is 16.8 Å². The zero-order chi connectivity index (χ0) is 14.3. The molecule has 0 saturated carbocycles. The fourth-order valence-corrected chi connectivity index (χ4v) is 3.29. The van der Waals surface area contributed by atoms with Gasteiger partial charge >= 0.3 is 0 Å². The molecule has 7 heteroatoms. The summed E-state index contributed by atoms with van der Waals surface area (Å²) in [5, 5.41) is 8.01. The molecule has 20 heavy (non-hydrogen) atoms. The number of nitrogens with zero attached hydrogens (tertiary/aromatic N) is 4. The first kappa shape index (κ1) is 13.1. The summed E-state index contributed by atoms with van der Waals surface area (Å²) in [6.07, 6.45) is 0.942. The third-order valence-corrected chi connectivity index (χ3v) is 4.96. The van der Waals surface area contributed by atoms with Gasteiger partial charge in [0.15, 0.2) is 0 Å². The van der Waals surface area contributed by atoms with E-state index in [0.29, 0.717) is 5.78 Å². The van der Waals surface area contributed by atoms with Crippen LogP contribution in [0.1, 0.15) is 20.3 Å². The first-order chi connectivity index (χ1) is 9.60. The van der Waals surface area contributed by atoms with Crippen LogP contribution in [0.25, 0.3) is 16.8 Å². The van der Waals surface area contributed by atoms with Crippen LogP contribution in [0.2, 0.25) is 0 Å². The van der Waals surface area contributed by atoms with Crippen LogP contribution >= 0.6 is 0 Å². The zero-order valence-corrected chi connectivity index (χ0v) is 12.3. The Morgan fingerprint density at radius 1 is 1.10 bits per heavy atom. The van der Waals surface area contributed by atoms with E-state index < -0.39 is 9.84 Å². The van der Waals surface area contributed by atoms with Crippen molar-refractivity contribution in [1.82, 2.24) is 19.2 Å². The Balaban J connectivity index is 2.46. The van der Waals surface area contributed by atoms with Crippen molar-refractivity contribution in [3.05, 3.63) is 24.3 Å². The van der Waals surface area contributed by atoms with Crippen molar-refractivity contribution in [1.29, 1.82) is 0 Å². The van der Waals surface area contributed by atoms with Crippen LogP contribution < -0.4 is 0 Å². The van der Waals surface area contributed by atoms with E-state index >= 15 is 0 Å². The predicted octanol–water partition coefficient (Wildman–Crippen LogP) is 1.89. The number of sulfone groups is 1. The van der Waals surface area contributed by atoms with Crippen molar-refractivity contribution in [2.75, 3.05) is 5.75 Å². The van der Waals surface area contributed by atoms with E-state index in [2.05, 4.69) is 17.1 Å². The van der Waals surface area contributed by atoms with Crippen LogP contribution in [-0.4, -0.2) is 33.3 Å². The van der Waals surface area contributed by atoms with E-state index in [9.17, 15) is 8.42 Å². The monoisotopic (exact) mass is 292 g/mol. The summed E-state index contributed by atoms with van der Waals surface area (Å²) in [7, 11) is -3.40. The van der Waals surface area contributed by atoms with E-state index in [1.165, 1.54) is 0 Å². The van der Waals surface area contributed by atoms with Gasteiger partial charge in [-0.3, -0.25) is 0 Å². The molecule has 2 heterocycles. The van der Waals surface area contributed by atoms with Gasteiger partial charge in [0, 0.05) is 6.54 Å². The maximum Gasteiger partial charge on any atom is 0.255 e. The molecule has 0 fully saturated rings. The molecule has 0 aliphatic heterocycles. The summed E-state index contributed by atoms with van der Waals surface area (Å²) in [6.45, 7) is 4.47. The SMILES string of the molecule is CCCn1c2ccccc2n2c(S(=O)(=O)CC)nnc12. The third kappa shape index (κ3) is 1.73. The summed E-state index contributed by atoms with van der Waals surface area (Å²) in [5.74, 6) is 0.598. The average molecular weight is 292 g/mol. The van der Waals surface area contributed by atoms with Crippen LogP contribution in [0.4, 0.5) is 0 Å². The van der Waals surface area contributed by atoms with Crippen molar-refractivity contribution >= 4 is 26.6 Å². The number of hydrogen-bond donors (Lipinski definition) is 0.